The van der Waals surface area contributed by atoms with Crippen molar-refractivity contribution in [2.75, 3.05) is 14.2 Å². The highest BCUT2D eigenvalue weighted by Gasteiger charge is 2.31. The molecule has 1 aromatic carbocycles. The fourth-order valence-electron chi connectivity index (χ4n) is 3.82. The van der Waals surface area contributed by atoms with Gasteiger partial charge in [0.25, 0.3) is 0 Å². The van der Waals surface area contributed by atoms with E-state index in [1.54, 1.807) is 21.1 Å². The van der Waals surface area contributed by atoms with E-state index in [9.17, 15) is 14.4 Å². The van der Waals surface area contributed by atoms with Crippen LogP contribution in [0.3, 0.4) is 0 Å². The zero-order valence-electron chi connectivity index (χ0n) is 21.1. The molecule has 0 aliphatic rings. The quantitative estimate of drug-likeness (QED) is 0.311. The molecule has 0 spiro atoms. The highest BCUT2D eigenvalue weighted by Crippen LogP contribution is 2.23. The maximum absolute atomic E-state index is 12.9. The number of benzene rings is 1. The molecule has 0 aromatic heterocycles. The minimum absolute atomic E-state index is 0.0390. The molecule has 0 radical (unpaired) electrons. The Morgan fingerprint density at radius 1 is 0.909 bits per heavy atom. The Balaban J connectivity index is 2.68. The third-order valence-corrected chi connectivity index (χ3v) is 5.70. The molecular formula is C26H41NO6. The van der Waals surface area contributed by atoms with E-state index < -0.39 is 24.2 Å². The monoisotopic (exact) mass is 463 g/mol. The normalized spacial score (nSPS) is 14.2. The lowest BCUT2D eigenvalue weighted by atomic mass is 9.89. The van der Waals surface area contributed by atoms with Crippen molar-refractivity contribution in [3.8, 4) is 0 Å². The van der Waals surface area contributed by atoms with Crippen LogP contribution in [0.1, 0.15) is 59.4 Å². The molecular weight excluding hydrogens is 422 g/mol. The Morgan fingerprint density at radius 3 is 2.03 bits per heavy atom. The van der Waals surface area contributed by atoms with Gasteiger partial charge in [-0.3, -0.25) is 14.4 Å². The van der Waals surface area contributed by atoms with Crippen LogP contribution in [0.5, 0.6) is 0 Å². The van der Waals surface area contributed by atoms with E-state index in [0.29, 0.717) is 5.92 Å². The maximum Gasteiger partial charge on any atom is 0.306 e. The molecule has 0 saturated heterocycles. The highest BCUT2D eigenvalue weighted by molar-refractivity contribution is 5.91. The summed E-state index contributed by atoms with van der Waals surface area (Å²) in [7, 11) is 3.11. The van der Waals surface area contributed by atoms with Gasteiger partial charge in [0.15, 0.2) is 12.1 Å². The third-order valence-electron chi connectivity index (χ3n) is 5.70. The van der Waals surface area contributed by atoms with E-state index in [0.717, 1.165) is 12.0 Å². The summed E-state index contributed by atoms with van der Waals surface area (Å²) in [6.07, 6.45) is 0.475. The van der Waals surface area contributed by atoms with Crippen LogP contribution in [0.4, 0.5) is 0 Å². The van der Waals surface area contributed by atoms with Crippen LogP contribution in [0, 0.1) is 23.7 Å². The smallest absolute Gasteiger partial charge is 0.306 e. The summed E-state index contributed by atoms with van der Waals surface area (Å²) in [6.45, 7) is 9.75. The number of ketones is 1. The van der Waals surface area contributed by atoms with Crippen molar-refractivity contribution >= 4 is 17.7 Å². The fourth-order valence-corrected chi connectivity index (χ4v) is 3.82. The van der Waals surface area contributed by atoms with Crippen LogP contribution in [-0.2, 0) is 35.2 Å². The Bertz CT molecular complexity index is 730. The molecule has 0 aliphatic carbocycles. The van der Waals surface area contributed by atoms with Crippen molar-refractivity contribution < 1.29 is 28.6 Å². The van der Waals surface area contributed by atoms with E-state index in [-0.39, 0.29) is 43.0 Å². The molecule has 0 fully saturated rings. The fraction of sp³-hybridized carbons (Fsp3) is 0.654. The first kappa shape index (κ1) is 28.8. The van der Waals surface area contributed by atoms with Crippen LogP contribution in [-0.4, -0.2) is 44.2 Å². The van der Waals surface area contributed by atoms with Crippen molar-refractivity contribution in [3.05, 3.63) is 35.9 Å². The molecule has 7 nitrogen and oxygen atoms in total. The van der Waals surface area contributed by atoms with Gasteiger partial charge in [-0.1, -0.05) is 58.0 Å². The number of ether oxygens (including phenoxy) is 3. The molecule has 0 saturated carbocycles. The van der Waals surface area contributed by atoms with Gasteiger partial charge in [-0.15, -0.1) is 0 Å². The molecule has 186 valence electrons. The van der Waals surface area contributed by atoms with Crippen molar-refractivity contribution in [3.63, 3.8) is 0 Å². The van der Waals surface area contributed by atoms with Crippen molar-refractivity contribution in [1.82, 2.24) is 5.32 Å². The number of hydrogen-bond acceptors (Lipinski definition) is 6. The minimum atomic E-state index is -0.678. The number of amides is 1. The van der Waals surface area contributed by atoms with Gasteiger partial charge in [0.1, 0.15) is 6.61 Å². The summed E-state index contributed by atoms with van der Waals surface area (Å²) in [6, 6.07) is 8.71. The second-order valence-electron chi connectivity index (χ2n) is 9.33. The predicted molar refractivity (Wildman–Crippen MR) is 127 cm³/mol. The first-order valence-electron chi connectivity index (χ1n) is 11.7. The predicted octanol–water partition coefficient (Wildman–Crippen LogP) is 4.14. The number of carbonyl (C=O) groups is 3. The number of esters is 1. The summed E-state index contributed by atoms with van der Waals surface area (Å²) in [5.41, 5.74) is 0.886. The summed E-state index contributed by atoms with van der Waals surface area (Å²) in [5.74, 6) is -1.27. The van der Waals surface area contributed by atoms with Crippen LogP contribution in [0.25, 0.3) is 0 Å². The van der Waals surface area contributed by atoms with Crippen molar-refractivity contribution in [1.29, 1.82) is 0 Å². The van der Waals surface area contributed by atoms with E-state index >= 15 is 0 Å². The standard InChI is InChI=1S/C26H41NO6/c1-17(2)13-21(26(31-6)32-7)14-23(28)19(5)27-25(30)22(18(3)4)15-24(29)33-16-20-11-9-8-10-12-20/h8-12,17-19,21-22,26H,13-16H2,1-7H3,(H,27,30)/t19-,21?,22-/m0/s1. The van der Waals surface area contributed by atoms with Gasteiger partial charge in [0.05, 0.1) is 18.4 Å². The average Bonchev–Trinajstić information content (AvgIpc) is 2.76. The number of nitrogens with one attached hydrogen (secondary N) is 1. The number of carbonyl (C=O) groups excluding carboxylic acids is 3. The van der Waals surface area contributed by atoms with Gasteiger partial charge >= 0.3 is 5.97 Å². The maximum atomic E-state index is 12.9. The highest BCUT2D eigenvalue weighted by atomic mass is 16.7. The van der Waals surface area contributed by atoms with Gasteiger partial charge in [-0.25, -0.2) is 0 Å². The molecule has 0 aliphatic heterocycles. The molecule has 1 amide bonds. The number of Topliss-reactive ketones (excluding diaryl/α,β-unsaturated/α-hetero) is 1. The number of rotatable bonds is 15. The number of hydrogen-bond donors (Lipinski definition) is 1. The zero-order chi connectivity index (χ0) is 25.0. The van der Waals surface area contributed by atoms with Crippen LogP contribution < -0.4 is 5.32 Å². The van der Waals surface area contributed by atoms with Gasteiger partial charge in [-0.05, 0) is 30.7 Å². The molecule has 3 atom stereocenters. The molecule has 7 heteroatoms. The molecule has 1 unspecified atom stereocenters. The van der Waals surface area contributed by atoms with Gasteiger partial charge < -0.3 is 19.5 Å². The third kappa shape index (κ3) is 10.5. The van der Waals surface area contributed by atoms with E-state index in [2.05, 4.69) is 19.2 Å². The first-order valence-corrected chi connectivity index (χ1v) is 11.7. The second-order valence-corrected chi connectivity index (χ2v) is 9.33. The minimum Gasteiger partial charge on any atom is -0.461 e. The van der Waals surface area contributed by atoms with E-state index in [4.69, 9.17) is 14.2 Å². The number of methoxy groups -OCH3 is 2. The van der Waals surface area contributed by atoms with E-state index in [1.807, 2.05) is 44.2 Å². The Kier molecular flexibility index (Phi) is 12.9. The van der Waals surface area contributed by atoms with Crippen LogP contribution >= 0.6 is 0 Å². The SMILES string of the molecule is COC(OC)C(CC(=O)[C@H](C)NC(=O)[C@@H](CC(=O)OCc1ccccc1)C(C)C)CC(C)C. The molecule has 1 N–H and O–H groups in total. The van der Waals surface area contributed by atoms with Gasteiger partial charge in [-0.2, -0.15) is 0 Å². The second kappa shape index (κ2) is 14.8. The van der Waals surface area contributed by atoms with Gasteiger partial charge in [0.2, 0.25) is 5.91 Å². The summed E-state index contributed by atoms with van der Waals surface area (Å²) >= 11 is 0. The van der Waals surface area contributed by atoms with Crippen molar-refractivity contribution in [2.24, 2.45) is 23.7 Å². The lowest BCUT2D eigenvalue weighted by molar-refractivity contribution is -0.150. The summed E-state index contributed by atoms with van der Waals surface area (Å²) in [4.78, 5) is 38.1. The largest absolute Gasteiger partial charge is 0.461 e. The lowest BCUT2D eigenvalue weighted by Crippen LogP contribution is -2.44. The topological polar surface area (TPSA) is 90.9 Å². The first-order chi connectivity index (χ1) is 15.6. The molecule has 1 aromatic rings. The molecule has 1 rings (SSSR count). The summed E-state index contributed by atoms with van der Waals surface area (Å²) < 4.78 is 16.1. The Morgan fingerprint density at radius 2 is 1.52 bits per heavy atom. The molecule has 0 heterocycles. The lowest BCUT2D eigenvalue weighted by Gasteiger charge is -2.27. The Labute approximate surface area is 198 Å². The molecule has 33 heavy (non-hydrogen) atoms. The van der Waals surface area contributed by atoms with Crippen molar-refractivity contribution in [2.45, 2.75) is 72.8 Å². The van der Waals surface area contributed by atoms with Crippen LogP contribution in [0.2, 0.25) is 0 Å². The van der Waals surface area contributed by atoms with Crippen LogP contribution in [0.15, 0.2) is 30.3 Å². The summed E-state index contributed by atoms with van der Waals surface area (Å²) in [5, 5.41) is 2.80. The van der Waals surface area contributed by atoms with E-state index in [1.165, 1.54) is 0 Å². The van der Waals surface area contributed by atoms with Gasteiger partial charge in [0, 0.05) is 26.6 Å². The average molecular weight is 464 g/mol. The Hall–Kier alpha value is -2.25. The zero-order valence-corrected chi connectivity index (χ0v) is 21.1. The molecule has 0 bridgehead atoms.